The number of hydrogen-bond acceptors (Lipinski definition) is 3. The molecule has 3 rings (SSSR count). The van der Waals surface area contributed by atoms with Crippen LogP contribution in [-0.4, -0.2) is 16.3 Å². The van der Waals surface area contributed by atoms with Crippen LogP contribution in [0.4, 0.5) is 5.69 Å². The quantitative estimate of drug-likeness (QED) is 0.903. The van der Waals surface area contributed by atoms with E-state index < -0.39 is 0 Å². The Morgan fingerprint density at radius 3 is 3.00 bits per heavy atom. The lowest BCUT2D eigenvalue weighted by Crippen LogP contribution is -2.27. The average molecular weight is 348 g/mol. The highest BCUT2D eigenvalue weighted by molar-refractivity contribution is 9.10. The van der Waals surface area contributed by atoms with Crippen molar-refractivity contribution in [2.45, 2.75) is 32.2 Å². The Bertz CT molecular complexity index is 711. The Labute approximate surface area is 132 Å². The fraction of sp³-hybridized carbons (Fsp3) is 0.375. The molecule has 1 aliphatic rings. The molecule has 110 valence electrons. The maximum atomic E-state index is 12.1. The molecule has 4 nitrogen and oxygen atoms in total. The van der Waals surface area contributed by atoms with Crippen LogP contribution in [0.3, 0.4) is 0 Å². The molecule has 0 aliphatic heterocycles. The SMILES string of the molecule is CCCn1ncc(NCC2Cc3ccccc32)c(Br)c1=O. The van der Waals surface area contributed by atoms with Crippen molar-refractivity contribution in [1.82, 2.24) is 9.78 Å². The molecule has 5 heteroatoms. The van der Waals surface area contributed by atoms with Crippen LogP contribution in [0.1, 0.15) is 30.4 Å². The topological polar surface area (TPSA) is 46.9 Å². The average Bonchev–Trinajstić information content (AvgIpc) is 2.47. The fourth-order valence-electron chi connectivity index (χ4n) is 2.74. The molecule has 1 atom stereocenters. The lowest BCUT2D eigenvalue weighted by atomic mass is 9.77. The van der Waals surface area contributed by atoms with E-state index >= 15 is 0 Å². The summed E-state index contributed by atoms with van der Waals surface area (Å²) in [5, 5.41) is 7.55. The summed E-state index contributed by atoms with van der Waals surface area (Å²) in [6, 6.07) is 8.51. The van der Waals surface area contributed by atoms with Gasteiger partial charge >= 0.3 is 0 Å². The number of anilines is 1. The van der Waals surface area contributed by atoms with E-state index in [4.69, 9.17) is 0 Å². The summed E-state index contributed by atoms with van der Waals surface area (Å²) in [5.41, 5.74) is 3.54. The molecule has 1 N–H and O–H groups in total. The fourth-order valence-corrected chi connectivity index (χ4v) is 3.18. The second-order valence-corrected chi connectivity index (χ2v) is 6.17. The van der Waals surface area contributed by atoms with E-state index in [2.05, 4.69) is 50.6 Å². The van der Waals surface area contributed by atoms with E-state index in [1.54, 1.807) is 6.20 Å². The van der Waals surface area contributed by atoms with E-state index in [-0.39, 0.29) is 5.56 Å². The van der Waals surface area contributed by atoms with Gasteiger partial charge in [0.2, 0.25) is 0 Å². The van der Waals surface area contributed by atoms with Gasteiger partial charge in [-0.3, -0.25) is 4.79 Å². The van der Waals surface area contributed by atoms with Gasteiger partial charge in [0.25, 0.3) is 5.56 Å². The smallest absolute Gasteiger partial charge is 0.283 e. The normalized spacial score (nSPS) is 16.2. The Morgan fingerprint density at radius 2 is 2.24 bits per heavy atom. The minimum atomic E-state index is -0.0733. The van der Waals surface area contributed by atoms with Crippen molar-refractivity contribution in [1.29, 1.82) is 0 Å². The highest BCUT2D eigenvalue weighted by Gasteiger charge is 2.25. The summed E-state index contributed by atoms with van der Waals surface area (Å²) < 4.78 is 2.06. The van der Waals surface area contributed by atoms with Crippen molar-refractivity contribution < 1.29 is 0 Å². The number of halogens is 1. The molecule has 2 aromatic rings. The zero-order chi connectivity index (χ0) is 14.8. The molecule has 0 saturated carbocycles. The monoisotopic (exact) mass is 347 g/mol. The first-order valence-electron chi connectivity index (χ1n) is 7.28. The van der Waals surface area contributed by atoms with Gasteiger partial charge in [-0.15, -0.1) is 0 Å². The number of benzene rings is 1. The molecule has 1 heterocycles. The Morgan fingerprint density at radius 1 is 1.43 bits per heavy atom. The standard InChI is InChI=1S/C16H18BrN3O/c1-2-7-20-16(21)15(17)14(10-19-20)18-9-12-8-11-5-3-4-6-13(11)12/h3-6,10,12,18H,2,7-9H2,1H3. The summed E-state index contributed by atoms with van der Waals surface area (Å²) >= 11 is 3.39. The van der Waals surface area contributed by atoms with Crippen molar-refractivity contribution in [3.8, 4) is 0 Å². The van der Waals surface area contributed by atoms with Crippen LogP contribution in [0, 0.1) is 0 Å². The minimum absolute atomic E-state index is 0.0733. The van der Waals surface area contributed by atoms with Gasteiger partial charge in [0.05, 0.1) is 11.9 Å². The number of hydrogen-bond donors (Lipinski definition) is 1. The van der Waals surface area contributed by atoms with E-state index in [9.17, 15) is 4.79 Å². The number of nitrogens with zero attached hydrogens (tertiary/aromatic N) is 2. The molecule has 0 fully saturated rings. The highest BCUT2D eigenvalue weighted by atomic mass is 79.9. The summed E-state index contributed by atoms with van der Waals surface area (Å²) in [4.78, 5) is 12.1. The second-order valence-electron chi connectivity index (χ2n) is 5.38. The maximum Gasteiger partial charge on any atom is 0.283 e. The Hall–Kier alpha value is -1.62. The highest BCUT2D eigenvalue weighted by Crippen LogP contribution is 2.35. The summed E-state index contributed by atoms with van der Waals surface area (Å²) in [6.45, 7) is 3.50. The van der Waals surface area contributed by atoms with Crippen molar-refractivity contribution in [2.24, 2.45) is 0 Å². The van der Waals surface area contributed by atoms with E-state index in [1.807, 2.05) is 6.92 Å². The molecule has 1 aliphatic carbocycles. The Balaban J connectivity index is 1.70. The summed E-state index contributed by atoms with van der Waals surface area (Å²) in [6.07, 6.45) is 3.72. The molecule has 1 unspecified atom stereocenters. The van der Waals surface area contributed by atoms with E-state index in [0.717, 1.165) is 25.1 Å². The maximum absolute atomic E-state index is 12.1. The lowest BCUT2D eigenvalue weighted by molar-refractivity contribution is 0.565. The van der Waals surface area contributed by atoms with Crippen molar-refractivity contribution in [3.63, 3.8) is 0 Å². The third kappa shape index (κ3) is 2.75. The molecule has 0 spiro atoms. The van der Waals surface area contributed by atoms with Crippen LogP contribution in [-0.2, 0) is 13.0 Å². The van der Waals surface area contributed by atoms with Crippen LogP contribution < -0.4 is 10.9 Å². The largest absolute Gasteiger partial charge is 0.382 e. The van der Waals surface area contributed by atoms with Crippen LogP contribution in [0.15, 0.2) is 39.7 Å². The van der Waals surface area contributed by atoms with Crippen LogP contribution in [0.5, 0.6) is 0 Å². The molecular formula is C16H18BrN3O. The van der Waals surface area contributed by atoms with Crippen molar-refractivity contribution in [3.05, 3.63) is 56.4 Å². The number of nitrogens with one attached hydrogen (secondary N) is 1. The zero-order valence-corrected chi connectivity index (χ0v) is 13.6. The molecule has 1 aromatic heterocycles. The van der Waals surface area contributed by atoms with Gasteiger partial charge in [0.1, 0.15) is 4.47 Å². The second kappa shape index (κ2) is 6.02. The first-order valence-corrected chi connectivity index (χ1v) is 8.07. The number of fused-ring (bicyclic) bond motifs is 1. The molecule has 0 bridgehead atoms. The molecular weight excluding hydrogens is 330 g/mol. The van der Waals surface area contributed by atoms with Gasteiger partial charge in [-0.25, -0.2) is 4.68 Å². The van der Waals surface area contributed by atoms with Gasteiger partial charge in [-0.2, -0.15) is 5.10 Å². The van der Waals surface area contributed by atoms with Gasteiger partial charge < -0.3 is 5.32 Å². The van der Waals surface area contributed by atoms with E-state index in [0.29, 0.717) is 16.9 Å². The van der Waals surface area contributed by atoms with Gasteiger partial charge in [0.15, 0.2) is 0 Å². The zero-order valence-electron chi connectivity index (χ0n) is 12.0. The third-order valence-corrected chi connectivity index (χ3v) is 4.69. The van der Waals surface area contributed by atoms with Crippen molar-refractivity contribution >= 4 is 21.6 Å². The van der Waals surface area contributed by atoms with Gasteiger partial charge in [0, 0.05) is 19.0 Å². The molecule has 0 radical (unpaired) electrons. The van der Waals surface area contributed by atoms with Crippen molar-refractivity contribution in [2.75, 3.05) is 11.9 Å². The van der Waals surface area contributed by atoms with Crippen LogP contribution in [0.2, 0.25) is 0 Å². The third-order valence-electron chi connectivity index (χ3n) is 3.92. The van der Waals surface area contributed by atoms with E-state index in [1.165, 1.54) is 15.8 Å². The lowest BCUT2D eigenvalue weighted by Gasteiger charge is -2.30. The first-order chi connectivity index (χ1) is 10.2. The predicted molar refractivity (Wildman–Crippen MR) is 87.9 cm³/mol. The molecule has 21 heavy (non-hydrogen) atoms. The predicted octanol–water partition coefficient (Wildman–Crippen LogP) is 3.17. The summed E-state index contributed by atoms with van der Waals surface area (Å²) in [7, 11) is 0. The summed E-state index contributed by atoms with van der Waals surface area (Å²) in [5.74, 6) is 0.520. The molecule has 0 amide bonds. The first kappa shape index (κ1) is 14.3. The molecule has 0 saturated heterocycles. The number of aryl methyl sites for hydroxylation is 1. The van der Waals surface area contributed by atoms with Crippen LogP contribution in [0.25, 0.3) is 0 Å². The van der Waals surface area contributed by atoms with Gasteiger partial charge in [-0.05, 0) is 39.9 Å². The number of aromatic nitrogens is 2. The van der Waals surface area contributed by atoms with Crippen LogP contribution >= 0.6 is 15.9 Å². The Kier molecular flexibility index (Phi) is 4.10. The number of rotatable bonds is 5. The van der Waals surface area contributed by atoms with Gasteiger partial charge in [-0.1, -0.05) is 31.2 Å². The minimum Gasteiger partial charge on any atom is -0.382 e. The molecule has 1 aromatic carbocycles.